The first kappa shape index (κ1) is 25.4. The van der Waals surface area contributed by atoms with Crippen molar-refractivity contribution in [1.29, 1.82) is 0 Å². The molecular weight excluding hydrogens is 464 g/mol. The highest BCUT2D eigenvalue weighted by molar-refractivity contribution is 6.05. The third-order valence-electron chi connectivity index (χ3n) is 6.25. The van der Waals surface area contributed by atoms with E-state index in [2.05, 4.69) is 10.6 Å². The maximum Gasteiger partial charge on any atom is 0.352 e. The second-order valence-corrected chi connectivity index (χ2v) is 8.98. The molecule has 0 unspecified atom stereocenters. The van der Waals surface area contributed by atoms with Crippen molar-refractivity contribution >= 4 is 34.6 Å². The van der Waals surface area contributed by atoms with E-state index in [4.69, 9.17) is 0 Å². The van der Waals surface area contributed by atoms with Gasteiger partial charge >= 0.3 is 5.97 Å². The van der Waals surface area contributed by atoms with Gasteiger partial charge in [0.05, 0.1) is 6.04 Å². The smallest absolute Gasteiger partial charge is 0.352 e. The number of carboxylic acids is 1. The van der Waals surface area contributed by atoms with Crippen molar-refractivity contribution in [3.63, 3.8) is 0 Å². The van der Waals surface area contributed by atoms with Gasteiger partial charge < -0.3 is 15.7 Å². The van der Waals surface area contributed by atoms with Gasteiger partial charge in [-0.05, 0) is 72.0 Å². The monoisotopic (exact) mass is 492 g/mol. The first-order chi connectivity index (χ1) is 17.7. The predicted molar refractivity (Wildman–Crippen MR) is 145 cm³/mol. The van der Waals surface area contributed by atoms with Crippen LogP contribution in [0, 0.1) is 13.8 Å². The lowest BCUT2D eigenvalue weighted by Crippen LogP contribution is -2.29. The second-order valence-electron chi connectivity index (χ2n) is 8.98. The van der Waals surface area contributed by atoms with Crippen LogP contribution >= 0.6 is 0 Å². The van der Waals surface area contributed by atoms with Crippen LogP contribution in [0.2, 0.25) is 0 Å². The zero-order valence-electron chi connectivity index (χ0n) is 20.9. The summed E-state index contributed by atoms with van der Waals surface area (Å²) < 4.78 is 0. The third kappa shape index (κ3) is 5.76. The summed E-state index contributed by atoms with van der Waals surface area (Å²) in [5.74, 6) is -2.05. The number of aryl methyl sites for hydroxylation is 2. The zero-order valence-corrected chi connectivity index (χ0v) is 20.9. The molecule has 3 N–H and O–H groups in total. The molecule has 0 saturated heterocycles. The maximum absolute atomic E-state index is 13.1. The normalized spacial score (nSPS) is 12.1. The molecule has 0 fully saturated rings. The van der Waals surface area contributed by atoms with Gasteiger partial charge in [0.15, 0.2) is 0 Å². The van der Waals surface area contributed by atoms with Crippen molar-refractivity contribution in [2.45, 2.75) is 26.8 Å². The van der Waals surface area contributed by atoms with Crippen LogP contribution in [0.4, 0.5) is 0 Å². The number of hydrogen-bond donors (Lipinski definition) is 3. The topological polar surface area (TPSA) is 95.5 Å². The lowest BCUT2D eigenvalue weighted by Gasteiger charge is -2.18. The SMILES string of the molecule is Cc1cc(C(=O)N[C@H](C)c2cccc3ccccc23)cc(C)c1C(=O)N/C(=C\c1ccccc1)C(=O)O. The number of rotatable bonds is 7. The Morgan fingerprint density at radius 2 is 1.43 bits per heavy atom. The maximum atomic E-state index is 13.1. The molecule has 0 aliphatic carbocycles. The fourth-order valence-electron chi connectivity index (χ4n) is 4.49. The largest absolute Gasteiger partial charge is 0.477 e. The number of carboxylic acid groups (broad SMARTS) is 1. The van der Waals surface area contributed by atoms with Crippen molar-refractivity contribution in [1.82, 2.24) is 10.6 Å². The van der Waals surface area contributed by atoms with Crippen LogP contribution < -0.4 is 10.6 Å². The molecule has 0 saturated carbocycles. The number of nitrogens with one attached hydrogen (secondary N) is 2. The van der Waals surface area contributed by atoms with E-state index in [-0.39, 0.29) is 17.6 Å². The van der Waals surface area contributed by atoms with E-state index in [0.29, 0.717) is 27.8 Å². The highest BCUT2D eigenvalue weighted by Gasteiger charge is 2.20. The molecule has 0 aliphatic rings. The fourth-order valence-corrected chi connectivity index (χ4v) is 4.49. The molecule has 6 heteroatoms. The van der Waals surface area contributed by atoms with E-state index >= 15 is 0 Å². The van der Waals surface area contributed by atoms with Gasteiger partial charge in [0.2, 0.25) is 0 Å². The van der Waals surface area contributed by atoms with Crippen LogP contribution in [0.25, 0.3) is 16.8 Å². The van der Waals surface area contributed by atoms with Gasteiger partial charge in [-0.15, -0.1) is 0 Å². The van der Waals surface area contributed by atoms with Crippen molar-refractivity contribution in [3.05, 3.63) is 124 Å². The number of aliphatic carboxylic acids is 1. The molecule has 6 nitrogen and oxygen atoms in total. The van der Waals surface area contributed by atoms with E-state index in [1.54, 1.807) is 50.2 Å². The zero-order chi connectivity index (χ0) is 26.5. The summed E-state index contributed by atoms with van der Waals surface area (Å²) in [5, 5.41) is 17.3. The summed E-state index contributed by atoms with van der Waals surface area (Å²) in [7, 11) is 0. The summed E-state index contributed by atoms with van der Waals surface area (Å²) in [6.45, 7) is 5.40. The highest BCUT2D eigenvalue weighted by Crippen LogP contribution is 2.25. The lowest BCUT2D eigenvalue weighted by molar-refractivity contribution is -0.132. The van der Waals surface area contributed by atoms with Crippen LogP contribution in [0.15, 0.2) is 90.6 Å². The van der Waals surface area contributed by atoms with E-state index < -0.39 is 11.9 Å². The van der Waals surface area contributed by atoms with Gasteiger partial charge in [0, 0.05) is 11.1 Å². The molecule has 4 rings (SSSR count). The van der Waals surface area contributed by atoms with Crippen LogP contribution in [0.5, 0.6) is 0 Å². The standard InChI is InChI=1S/C31H28N2O4/c1-19-16-24(29(34)32-21(3)25-15-9-13-23-12-7-8-14-26(23)25)17-20(2)28(19)30(35)33-27(31(36)37)18-22-10-5-4-6-11-22/h4-18,21H,1-3H3,(H,32,34)(H,33,35)(H,36,37)/b27-18-/t21-/m1/s1. The van der Waals surface area contributed by atoms with Crippen molar-refractivity contribution < 1.29 is 19.5 Å². The Morgan fingerprint density at radius 3 is 2.11 bits per heavy atom. The molecule has 4 aromatic carbocycles. The molecule has 0 heterocycles. The average Bonchev–Trinajstić information content (AvgIpc) is 2.88. The first-order valence-electron chi connectivity index (χ1n) is 12.0. The van der Waals surface area contributed by atoms with Crippen molar-refractivity contribution in [3.8, 4) is 0 Å². The van der Waals surface area contributed by atoms with Gasteiger partial charge in [-0.25, -0.2) is 4.79 Å². The fraction of sp³-hybridized carbons (Fsp3) is 0.129. The van der Waals surface area contributed by atoms with Crippen LogP contribution in [0.3, 0.4) is 0 Å². The Kier molecular flexibility index (Phi) is 7.49. The summed E-state index contributed by atoms with van der Waals surface area (Å²) in [5.41, 5.74) is 3.34. The van der Waals surface area contributed by atoms with E-state index in [0.717, 1.165) is 16.3 Å². The van der Waals surface area contributed by atoms with Gasteiger partial charge in [-0.2, -0.15) is 0 Å². The Balaban J connectivity index is 1.54. The van der Waals surface area contributed by atoms with Gasteiger partial charge in [-0.1, -0.05) is 72.8 Å². The predicted octanol–water partition coefficient (Wildman–Crippen LogP) is 5.80. The highest BCUT2D eigenvalue weighted by atomic mass is 16.4. The number of fused-ring (bicyclic) bond motifs is 1. The van der Waals surface area contributed by atoms with Crippen LogP contribution in [-0.2, 0) is 4.79 Å². The Hall–Kier alpha value is -4.71. The van der Waals surface area contributed by atoms with Crippen molar-refractivity contribution in [2.24, 2.45) is 0 Å². The molecule has 1 atom stereocenters. The molecule has 0 radical (unpaired) electrons. The number of carbonyl (C=O) groups excluding carboxylic acids is 2. The minimum absolute atomic E-state index is 0.233. The quantitative estimate of drug-likeness (QED) is 0.284. The molecule has 37 heavy (non-hydrogen) atoms. The van der Waals surface area contributed by atoms with Gasteiger partial charge in [-0.3, -0.25) is 9.59 Å². The van der Waals surface area contributed by atoms with Crippen LogP contribution in [0.1, 0.15) is 55.9 Å². The molecule has 0 aliphatic heterocycles. The van der Waals surface area contributed by atoms with Crippen LogP contribution in [-0.4, -0.2) is 22.9 Å². The minimum Gasteiger partial charge on any atom is -0.477 e. The molecule has 4 aromatic rings. The molecule has 0 aromatic heterocycles. The summed E-state index contributed by atoms with van der Waals surface area (Å²) in [6, 6.07) is 26.0. The average molecular weight is 493 g/mol. The summed E-state index contributed by atoms with van der Waals surface area (Å²) in [4.78, 5) is 37.9. The van der Waals surface area contributed by atoms with E-state index in [1.165, 1.54) is 6.08 Å². The Morgan fingerprint density at radius 1 is 0.811 bits per heavy atom. The minimum atomic E-state index is -1.24. The summed E-state index contributed by atoms with van der Waals surface area (Å²) >= 11 is 0. The van der Waals surface area contributed by atoms with Crippen molar-refractivity contribution in [2.75, 3.05) is 0 Å². The van der Waals surface area contributed by atoms with E-state index in [1.807, 2.05) is 55.5 Å². The number of amides is 2. The summed E-state index contributed by atoms with van der Waals surface area (Å²) in [6.07, 6.45) is 1.40. The molecule has 0 spiro atoms. The molecule has 2 amide bonds. The number of hydrogen-bond acceptors (Lipinski definition) is 3. The van der Waals surface area contributed by atoms with Gasteiger partial charge in [0.1, 0.15) is 5.70 Å². The van der Waals surface area contributed by atoms with E-state index in [9.17, 15) is 19.5 Å². The first-order valence-corrected chi connectivity index (χ1v) is 12.0. The molecule has 186 valence electrons. The molecule has 0 bridgehead atoms. The Labute approximate surface area is 215 Å². The van der Waals surface area contributed by atoms with Gasteiger partial charge in [0.25, 0.3) is 11.8 Å². The number of benzene rings is 4. The Bertz CT molecular complexity index is 1490. The second kappa shape index (κ2) is 10.9. The lowest BCUT2D eigenvalue weighted by atomic mass is 9.97. The number of carbonyl (C=O) groups is 3. The third-order valence-corrected chi connectivity index (χ3v) is 6.25. The molecular formula is C31H28N2O4.